The first-order valence-corrected chi connectivity index (χ1v) is 4.84. The van der Waals surface area contributed by atoms with E-state index in [-0.39, 0.29) is 31.8 Å². The highest BCUT2D eigenvalue weighted by Gasteiger charge is 2.39. The summed E-state index contributed by atoms with van der Waals surface area (Å²) in [6.07, 6.45) is 1.07. The maximum atomic E-state index is 11.5. The predicted molar refractivity (Wildman–Crippen MR) is 55.6 cm³/mol. The van der Waals surface area contributed by atoms with E-state index < -0.39 is 12.2 Å². The van der Waals surface area contributed by atoms with Crippen LogP contribution in [0.25, 0.3) is 0 Å². The number of carbonyl (C=O) groups is 1. The van der Waals surface area contributed by atoms with Gasteiger partial charge in [0.25, 0.3) is 5.91 Å². The number of nitrogens with one attached hydrogen (secondary N) is 1. The fourth-order valence-electron chi connectivity index (χ4n) is 1.55. The van der Waals surface area contributed by atoms with Gasteiger partial charge in [-0.2, -0.15) is 0 Å². The van der Waals surface area contributed by atoms with E-state index in [4.69, 9.17) is 15.6 Å². The molecule has 0 aromatic carbocycles. The largest absolute Gasteiger partial charge is 0.394 e. The fourth-order valence-corrected chi connectivity index (χ4v) is 1.55. The number of aliphatic hydroxyl groups excluding tert-OH is 1. The van der Waals surface area contributed by atoms with E-state index in [9.17, 15) is 4.79 Å². The van der Waals surface area contributed by atoms with Crippen LogP contribution in [0.1, 0.15) is 0 Å². The van der Waals surface area contributed by atoms with Crippen molar-refractivity contribution >= 4 is 18.2 Å². The topological polar surface area (TPSA) is 113 Å². The number of carbonyl (C=O) groups excluding carboxylic acids is 1. The van der Waals surface area contributed by atoms with E-state index >= 15 is 0 Å². The quantitative estimate of drug-likeness (QED) is 0.457. The Morgan fingerprint density at radius 1 is 1.69 bits per heavy atom. The van der Waals surface area contributed by atoms with Crippen LogP contribution < -0.4 is 11.1 Å². The molecular weight excluding hydrogens is 214 g/mol. The Morgan fingerprint density at radius 2 is 2.50 bits per heavy atom. The van der Waals surface area contributed by atoms with Gasteiger partial charge in [0.15, 0.2) is 18.2 Å². The van der Waals surface area contributed by atoms with Crippen LogP contribution in [0.4, 0.5) is 0 Å². The first-order chi connectivity index (χ1) is 7.72. The number of nitrogens with two attached hydrogens (primary N) is 1. The van der Waals surface area contributed by atoms with Crippen LogP contribution in [0, 0.1) is 0 Å². The number of hydrogen-bond acceptors (Lipinski definition) is 7. The highest BCUT2D eigenvalue weighted by atomic mass is 16.5. The molecule has 0 fully saturated rings. The molecule has 0 saturated carbocycles. The summed E-state index contributed by atoms with van der Waals surface area (Å²) in [5.41, 5.74) is 5.45. The van der Waals surface area contributed by atoms with E-state index in [0.29, 0.717) is 0 Å². The Labute approximate surface area is 91.8 Å². The summed E-state index contributed by atoms with van der Waals surface area (Å²) in [6.45, 7) is 0.396. The van der Waals surface area contributed by atoms with Crippen molar-refractivity contribution < 1.29 is 14.6 Å². The maximum absolute atomic E-state index is 11.5. The van der Waals surface area contributed by atoms with Gasteiger partial charge in [-0.3, -0.25) is 15.1 Å². The monoisotopic (exact) mass is 227 g/mol. The number of amides is 1. The average Bonchev–Trinajstić information content (AvgIpc) is 2.62. The third-order valence-corrected chi connectivity index (χ3v) is 2.27. The maximum Gasteiger partial charge on any atom is 0.255 e. The Kier molecular flexibility index (Phi) is 3.02. The molecule has 2 aliphatic heterocycles. The molecule has 2 rings (SSSR count). The number of hydrogen-bond donors (Lipinski definition) is 3. The lowest BCUT2D eigenvalue weighted by Crippen LogP contribution is -2.54. The van der Waals surface area contributed by atoms with E-state index in [1.54, 1.807) is 4.90 Å². The van der Waals surface area contributed by atoms with E-state index in [1.807, 2.05) is 0 Å². The summed E-state index contributed by atoms with van der Waals surface area (Å²) in [7, 11) is 0. The summed E-state index contributed by atoms with van der Waals surface area (Å²) < 4.78 is 5.13. The van der Waals surface area contributed by atoms with Crippen LogP contribution in [-0.2, 0) is 9.53 Å². The van der Waals surface area contributed by atoms with E-state index in [0.717, 1.165) is 0 Å². The molecule has 2 atom stereocenters. The van der Waals surface area contributed by atoms with Crippen molar-refractivity contribution in [3.8, 4) is 0 Å². The minimum absolute atomic E-state index is 0.0506. The Bertz CT molecular complexity index is 343. The zero-order valence-corrected chi connectivity index (χ0v) is 8.54. The molecule has 0 saturated heterocycles. The molecule has 0 aliphatic carbocycles. The van der Waals surface area contributed by atoms with Crippen molar-refractivity contribution in [2.24, 2.45) is 15.7 Å². The summed E-state index contributed by atoms with van der Waals surface area (Å²) in [6, 6.07) is -0.565. The molecular formula is C8H13N5O3. The zero-order chi connectivity index (χ0) is 11.5. The summed E-state index contributed by atoms with van der Waals surface area (Å²) >= 11 is 0. The minimum atomic E-state index is -0.565. The van der Waals surface area contributed by atoms with Gasteiger partial charge in [0.1, 0.15) is 6.73 Å². The van der Waals surface area contributed by atoms with E-state index in [1.165, 1.54) is 6.34 Å². The van der Waals surface area contributed by atoms with Crippen molar-refractivity contribution in [1.82, 2.24) is 10.2 Å². The van der Waals surface area contributed by atoms with Gasteiger partial charge in [-0.15, -0.1) is 0 Å². The van der Waals surface area contributed by atoms with Crippen LogP contribution in [0.3, 0.4) is 0 Å². The summed E-state index contributed by atoms with van der Waals surface area (Å²) in [5.74, 6) is -0.178. The normalized spacial score (nSPS) is 27.7. The predicted octanol–water partition coefficient (Wildman–Crippen LogP) is -2.56. The molecule has 88 valence electrons. The Hall–Kier alpha value is -1.67. The first kappa shape index (κ1) is 10.8. The van der Waals surface area contributed by atoms with Gasteiger partial charge in [0.05, 0.1) is 19.6 Å². The second-order valence-corrected chi connectivity index (χ2v) is 3.40. The van der Waals surface area contributed by atoms with Crippen LogP contribution in [0.5, 0.6) is 0 Å². The molecule has 0 aromatic heterocycles. The molecule has 1 amide bonds. The van der Waals surface area contributed by atoms with Crippen molar-refractivity contribution in [2.45, 2.75) is 12.2 Å². The van der Waals surface area contributed by atoms with Crippen LogP contribution in [-0.4, -0.2) is 60.4 Å². The number of ether oxygens (including phenoxy) is 1. The van der Waals surface area contributed by atoms with Crippen LogP contribution in [0.2, 0.25) is 0 Å². The molecule has 8 nitrogen and oxygen atoms in total. The number of fused-ring (bicyclic) bond motifs is 1. The van der Waals surface area contributed by atoms with Crippen LogP contribution in [0.15, 0.2) is 9.98 Å². The zero-order valence-electron chi connectivity index (χ0n) is 8.54. The van der Waals surface area contributed by atoms with Gasteiger partial charge in [-0.1, -0.05) is 0 Å². The first-order valence-electron chi connectivity index (χ1n) is 4.84. The number of aliphatic hydroxyl groups is 1. The summed E-state index contributed by atoms with van der Waals surface area (Å²) in [5, 5.41) is 11.0. The lowest BCUT2D eigenvalue weighted by atomic mass is 10.2. The number of rotatable bonds is 4. The van der Waals surface area contributed by atoms with Crippen LogP contribution >= 0.6 is 0 Å². The second-order valence-electron chi connectivity index (χ2n) is 3.40. The standard InChI is InChI=1S/C8H13N5O3/c9-8-11-6-5(7(15)12-8)10-3-13(6)4-16-2-1-14/h3,5-6,14H,1-2,4H2,(H3,9,11,12,15)/t5-,6-/m1/s1. The van der Waals surface area contributed by atoms with Gasteiger partial charge in [0.2, 0.25) is 0 Å². The minimum Gasteiger partial charge on any atom is -0.394 e. The average molecular weight is 227 g/mol. The van der Waals surface area contributed by atoms with Crippen molar-refractivity contribution in [3.05, 3.63) is 0 Å². The number of nitrogens with zero attached hydrogens (tertiary/aromatic N) is 3. The Balaban J connectivity index is 2.00. The Morgan fingerprint density at radius 3 is 3.25 bits per heavy atom. The fraction of sp³-hybridized carbons (Fsp3) is 0.625. The molecule has 0 spiro atoms. The molecule has 16 heavy (non-hydrogen) atoms. The van der Waals surface area contributed by atoms with Crippen molar-refractivity contribution in [1.29, 1.82) is 0 Å². The highest BCUT2D eigenvalue weighted by molar-refractivity contribution is 6.02. The molecule has 0 bridgehead atoms. The molecule has 4 N–H and O–H groups in total. The molecule has 2 heterocycles. The molecule has 0 unspecified atom stereocenters. The third-order valence-electron chi connectivity index (χ3n) is 2.27. The molecule has 0 radical (unpaired) electrons. The van der Waals surface area contributed by atoms with Gasteiger partial charge < -0.3 is 20.5 Å². The SMILES string of the molecule is NC1=N[C@H]2[C@@H](N=CN2COCCO)C(=O)N1. The van der Waals surface area contributed by atoms with E-state index in [2.05, 4.69) is 15.3 Å². The molecule has 0 aromatic rings. The van der Waals surface area contributed by atoms with Crippen molar-refractivity contribution in [2.75, 3.05) is 19.9 Å². The van der Waals surface area contributed by atoms with Gasteiger partial charge in [-0.05, 0) is 0 Å². The summed E-state index contributed by atoms with van der Waals surface area (Å²) in [4.78, 5) is 21.2. The van der Waals surface area contributed by atoms with Gasteiger partial charge in [-0.25, -0.2) is 4.99 Å². The lowest BCUT2D eigenvalue weighted by molar-refractivity contribution is -0.122. The van der Waals surface area contributed by atoms with Crippen molar-refractivity contribution in [3.63, 3.8) is 0 Å². The highest BCUT2D eigenvalue weighted by Crippen LogP contribution is 2.17. The second kappa shape index (κ2) is 4.45. The third kappa shape index (κ3) is 1.97. The molecule has 2 aliphatic rings. The number of aliphatic imine (C=N–C) groups is 2. The smallest absolute Gasteiger partial charge is 0.255 e. The van der Waals surface area contributed by atoms with Gasteiger partial charge >= 0.3 is 0 Å². The lowest BCUT2D eigenvalue weighted by Gasteiger charge is -2.27. The van der Waals surface area contributed by atoms with Gasteiger partial charge in [0, 0.05) is 0 Å². The number of guanidine groups is 1. The molecule has 8 heteroatoms.